The summed E-state index contributed by atoms with van der Waals surface area (Å²) in [5.41, 5.74) is 0.862. The third kappa shape index (κ3) is 5.84. The van der Waals surface area contributed by atoms with Gasteiger partial charge in [0.25, 0.3) is 0 Å². The largest absolute Gasteiger partial charge is 0.350 e. The maximum absolute atomic E-state index is 14.3. The van der Waals surface area contributed by atoms with E-state index in [1.165, 1.54) is 18.2 Å². The van der Waals surface area contributed by atoms with Crippen LogP contribution < -0.4 is 5.32 Å². The summed E-state index contributed by atoms with van der Waals surface area (Å²) >= 11 is 0. The average molecular weight is 533 g/mol. The van der Waals surface area contributed by atoms with E-state index >= 15 is 0 Å². The Labute approximate surface area is 192 Å². The SMILES string of the molecule is CCC(c1ccc(F)cc1F)N1CCN(C(=NC)NCc2ncccc2F)CC1.I. The van der Waals surface area contributed by atoms with E-state index in [4.69, 9.17) is 0 Å². The van der Waals surface area contributed by atoms with Crippen molar-refractivity contribution < 1.29 is 13.2 Å². The number of aliphatic imine (C=N–C) groups is 1. The number of nitrogens with zero attached hydrogens (tertiary/aromatic N) is 4. The first-order chi connectivity index (χ1) is 14.0. The van der Waals surface area contributed by atoms with Crippen molar-refractivity contribution in [3.05, 3.63) is 65.2 Å². The number of piperazine rings is 1. The van der Waals surface area contributed by atoms with Crippen LogP contribution in [0.25, 0.3) is 0 Å². The third-order valence-corrected chi connectivity index (χ3v) is 5.22. The number of aromatic nitrogens is 1. The lowest BCUT2D eigenvalue weighted by atomic mass is 10.0. The molecular weight excluding hydrogens is 506 g/mol. The normalized spacial score (nSPS) is 16.2. The second kappa shape index (κ2) is 11.5. The number of rotatable bonds is 5. The van der Waals surface area contributed by atoms with Gasteiger partial charge in [0.2, 0.25) is 0 Å². The van der Waals surface area contributed by atoms with Crippen LogP contribution in [0, 0.1) is 17.5 Å². The second-order valence-corrected chi connectivity index (χ2v) is 6.95. The van der Waals surface area contributed by atoms with Crippen molar-refractivity contribution >= 4 is 29.9 Å². The van der Waals surface area contributed by atoms with Crippen LogP contribution in [0.5, 0.6) is 0 Å². The maximum Gasteiger partial charge on any atom is 0.194 e. The highest BCUT2D eigenvalue weighted by atomic mass is 127. The zero-order valence-corrected chi connectivity index (χ0v) is 19.4. The Morgan fingerprint density at radius 1 is 1.13 bits per heavy atom. The molecule has 164 valence electrons. The number of nitrogens with one attached hydrogen (secondary N) is 1. The van der Waals surface area contributed by atoms with Crippen molar-refractivity contribution in [2.75, 3.05) is 33.2 Å². The first-order valence-electron chi connectivity index (χ1n) is 9.77. The molecule has 1 fully saturated rings. The Morgan fingerprint density at radius 2 is 1.87 bits per heavy atom. The molecule has 1 saturated heterocycles. The monoisotopic (exact) mass is 533 g/mol. The fourth-order valence-corrected chi connectivity index (χ4v) is 3.74. The third-order valence-electron chi connectivity index (χ3n) is 5.22. The van der Waals surface area contributed by atoms with E-state index in [0.29, 0.717) is 43.4 Å². The zero-order valence-electron chi connectivity index (χ0n) is 17.1. The van der Waals surface area contributed by atoms with E-state index in [1.807, 2.05) is 6.92 Å². The standard InChI is InChI=1S/C21H26F3N5.HI/c1-3-20(16-7-6-15(22)13-18(16)24)28-9-11-29(12-10-28)21(25-2)27-14-19-17(23)5-4-8-26-19;/h4-8,13,20H,3,9-12,14H2,1-2H3,(H,25,27);1H. The summed E-state index contributed by atoms with van der Waals surface area (Å²) in [6.07, 6.45) is 2.29. The average Bonchev–Trinajstić information content (AvgIpc) is 2.72. The molecule has 2 aromatic rings. The number of hydrogen-bond acceptors (Lipinski definition) is 3. The molecule has 9 heteroatoms. The highest BCUT2D eigenvalue weighted by Gasteiger charge is 2.27. The quantitative estimate of drug-likeness (QED) is 0.359. The van der Waals surface area contributed by atoms with Crippen molar-refractivity contribution in [2.24, 2.45) is 4.99 Å². The van der Waals surface area contributed by atoms with Crippen molar-refractivity contribution in [1.29, 1.82) is 0 Å². The first kappa shape index (κ1) is 24.4. The van der Waals surface area contributed by atoms with E-state index in [2.05, 4.69) is 25.1 Å². The van der Waals surface area contributed by atoms with Gasteiger partial charge in [0.15, 0.2) is 5.96 Å². The molecule has 30 heavy (non-hydrogen) atoms. The van der Waals surface area contributed by atoms with Crippen molar-refractivity contribution in [1.82, 2.24) is 20.1 Å². The molecule has 1 aromatic carbocycles. The minimum absolute atomic E-state index is 0. The van der Waals surface area contributed by atoms with Crippen molar-refractivity contribution in [3.8, 4) is 0 Å². The molecule has 0 aliphatic carbocycles. The maximum atomic E-state index is 14.3. The van der Waals surface area contributed by atoms with E-state index in [-0.39, 0.29) is 42.4 Å². The van der Waals surface area contributed by atoms with E-state index < -0.39 is 11.6 Å². The lowest BCUT2D eigenvalue weighted by Gasteiger charge is -2.40. The van der Waals surface area contributed by atoms with Gasteiger partial charge in [-0.3, -0.25) is 14.9 Å². The van der Waals surface area contributed by atoms with E-state index in [1.54, 1.807) is 19.3 Å². The van der Waals surface area contributed by atoms with Gasteiger partial charge in [-0.05, 0) is 24.6 Å². The Balaban J connectivity index is 0.00000320. The summed E-state index contributed by atoms with van der Waals surface area (Å²) in [5, 5.41) is 3.15. The Bertz CT molecular complexity index is 856. The van der Waals surface area contributed by atoms with Crippen LogP contribution in [0.4, 0.5) is 13.2 Å². The molecule has 1 N–H and O–H groups in total. The fraction of sp³-hybridized carbons (Fsp3) is 0.429. The van der Waals surface area contributed by atoms with Gasteiger partial charge in [0, 0.05) is 57.1 Å². The minimum Gasteiger partial charge on any atom is -0.350 e. The van der Waals surface area contributed by atoms with Crippen molar-refractivity contribution in [2.45, 2.75) is 25.9 Å². The topological polar surface area (TPSA) is 43.8 Å². The lowest BCUT2D eigenvalue weighted by molar-refractivity contribution is 0.124. The molecule has 3 rings (SSSR count). The van der Waals surface area contributed by atoms with Gasteiger partial charge in [0.1, 0.15) is 17.5 Å². The number of hydrogen-bond donors (Lipinski definition) is 1. The molecule has 0 radical (unpaired) electrons. The fourth-order valence-electron chi connectivity index (χ4n) is 3.74. The van der Waals surface area contributed by atoms with Crippen LogP contribution >= 0.6 is 24.0 Å². The number of pyridine rings is 1. The molecular formula is C21H27F3IN5. The first-order valence-corrected chi connectivity index (χ1v) is 9.77. The molecule has 1 aliphatic heterocycles. The molecule has 5 nitrogen and oxygen atoms in total. The second-order valence-electron chi connectivity index (χ2n) is 6.95. The number of guanidine groups is 1. The number of halogens is 4. The van der Waals surface area contributed by atoms with E-state index in [9.17, 15) is 13.2 Å². The van der Waals surface area contributed by atoms with Gasteiger partial charge in [-0.15, -0.1) is 24.0 Å². The smallest absolute Gasteiger partial charge is 0.194 e. The Kier molecular flexibility index (Phi) is 9.35. The van der Waals surface area contributed by atoms with Gasteiger partial charge in [-0.25, -0.2) is 13.2 Å². The van der Waals surface area contributed by atoms with Crippen LogP contribution in [0.1, 0.15) is 30.6 Å². The molecule has 2 heterocycles. The van der Waals surface area contributed by atoms with Gasteiger partial charge in [-0.1, -0.05) is 13.0 Å². The van der Waals surface area contributed by atoms with Crippen LogP contribution in [0.15, 0.2) is 41.5 Å². The predicted octanol–water partition coefficient (Wildman–Crippen LogP) is 3.96. The Morgan fingerprint density at radius 3 is 2.47 bits per heavy atom. The molecule has 0 spiro atoms. The van der Waals surface area contributed by atoms with Crippen LogP contribution in [0.3, 0.4) is 0 Å². The van der Waals surface area contributed by atoms with Crippen LogP contribution in [-0.2, 0) is 6.54 Å². The summed E-state index contributed by atoms with van der Waals surface area (Å²) < 4.78 is 41.3. The van der Waals surface area contributed by atoms with Crippen molar-refractivity contribution in [3.63, 3.8) is 0 Å². The highest BCUT2D eigenvalue weighted by Crippen LogP contribution is 2.28. The lowest BCUT2D eigenvalue weighted by Crippen LogP contribution is -2.53. The number of benzene rings is 1. The predicted molar refractivity (Wildman–Crippen MR) is 122 cm³/mol. The van der Waals surface area contributed by atoms with Crippen LogP contribution in [0.2, 0.25) is 0 Å². The summed E-state index contributed by atoms with van der Waals surface area (Å²) in [6.45, 7) is 5.08. The Hall–Kier alpha value is -1.88. The summed E-state index contributed by atoms with van der Waals surface area (Å²) in [5.74, 6) is -0.748. The molecule has 1 aromatic heterocycles. The summed E-state index contributed by atoms with van der Waals surface area (Å²) in [6, 6.07) is 6.62. The minimum atomic E-state index is -0.565. The molecule has 1 atom stereocenters. The molecule has 0 saturated carbocycles. The summed E-state index contributed by atoms with van der Waals surface area (Å²) in [7, 11) is 1.69. The molecule has 1 aliphatic rings. The zero-order chi connectivity index (χ0) is 20.8. The van der Waals surface area contributed by atoms with Gasteiger partial charge < -0.3 is 10.2 Å². The molecule has 0 bridgehead atoms. The van der Waals surface area contributed by atoms with Gasteiger partial charge in [0.05, 0.1) is 12.2 Å². The highest BCUT2D eigenvalue weighted by molar-refractivity contribution is 14.0. The van der Waals surface area contributed by atoms with Gasteiger partial charge in [-0.2, -0.15) is 0 Å². The van der Waals surface area contributed by atoms with E-state index in [0.717, 1.165) is 12.5 Å². The van der Waals surface area contributed by atoms with Gasteiger partial charge >= 0.3 is 0 Å². The summed E-state index contributed by atoms with van der Waals surface area (Å²) in [4.78, 5) is 12.6. The van der Waals surface area contributed by atoms with Crippen LogP contribution in [-0.4, -0.2) is 54.0 Å². The molecule has 1 unspecified atom stereocenters. The molecule has 0 amide bonds.